The topological polar surface area (TPSA) is 62.1 Å². The van der Waals surface area contributed by atoms with E-state index in [1.807, 2.05) is 60.0 Å². The van der Waals surface area contributed by atoms with Gasteiger partial charge in [-0.25, -0.2) is 0 Å². The van der Waals surface area contributed by atoms with Crippen LogP contribution in [-0.4, -0.2) is 13.0 Å². The van der Waals surface area contributed by atoms with E-state index < -0.39 is 5.91 Å². The van der Waals surface area contributed by atoms with E-state index >= 15 is 0 Å². The van der Waals surface area contributed by atoms with Crippen molar-refractivity contribution in [3.8, 4) is 11.8 Å². The molecule has 2 aromatic carbocycles. The van der Waals surface area contributed by atoms with Gasteiger partial charge < -0.3 is 10.1 Å². The highest BCUT2D eigenvalue weighted by atomic mass is 32.1. The van der Waals surface area contributed by atoms with E-state index in [0.717, 1.165) is 21.2 Å². The second-order valence-electron chi connectivity index (χ2n) is 5.33. The fourth-order valence-electron chi connectivity index (χ4n) is 2.57. The van der Waals surface area contributed by atoms with Crippen LogP contribution in [0.25, 0.3) is 16.8 Å². The fraction of sp³-hybridized carbons (Fsp3) is 0.100. The Bertz CT molecular complexity index is 969. The normalized spacial score (nSPS) is 11.1. The van der Waals surface area contributed by atoms with Crippen molar-refractivity contribution in [1.29, 1.82) is 5.26 Å². The largest absolute Gasteiger partial charge is 0.496 e. The molecule has 0 saturated carbocycles. The molecule has 1 N–H and O–H groups in total. The second kappa shape index (κ2) is 7.65. The molecule has 0 saturated heterocycles. The zero-order valence-corrected chi connectivity index (χ0v) is 14.5. The number of rotatable bonds is 5. The van der Waals surface area contributed by atoms with Gasteiger partial charge in [-0.05, 0) is 34.4 Å². The van der Waals surface area contributed by atoms with Crippen LogP contribution in [0.4, 0.5) is 0 Å². The van der Waals surface area contributed by atoms with Crippen LogP contribution in [-0.2, 0) is 11.3 Å². The van der Waals surface area contributed by atoms with Gasteiger partial charge in [-0.3, -0.25) is 4.79 Å². The van der Waals surface area contributed by atoms with Gasteiger partial charge in [0.2, 0.25) is 0 Å². The Labute approximate surface area is 150 Å². The molecule has 5 heteroatoms. The Morgan fingerprint density at radius 2 is 2.08 bits per heavy atom. The van der Waals surface area contributed by atoms with Crippen LogP contribution in [0.5, 0.6) is 5.75 Å². The molecule has 1 heterocycles. The van der Waals surface area contributed by atoms with Crippen molar-refractivity contribution < 1.29 is 9.53 Å². The first kappa shape index (κ1) is 16.7. The van der Waals surface area contributed by atoms with Crippen LogP contribution in [0.1, 0.15) is 10.4 Å². The third-order valence-corrected chi connectivity index (χ3v) is 4.68. The van der Waals surface area contributed by atoms with Crippen molar-refractivity contribution in [3.63, 3.8) is 0 Å². The molecule has 0 unspecified atom stereocenters. The van der Waals surface area contributed by atoms with E-state index in [9.17, 15) is 10.1 Å². The number of thiophene rings is 1. The Morgan fingerprint density at radius 3 is 2.80 bits per heavy atom. The summed E-state index contributed by atoms with van der Waals surface area (Å²) >= 11 is 1.56. The number of nitriles is 1. The molecule has 0 radical (unpaired) electrons. The number of ether oxygens (including phenoxy) is 1. The molecule has 3 rings (SSSR count). The Hall–Kier alpha value is -3.10. The summed E-state index contributed by atoms with van der Waals surface area (Å²) in [4.78, 5) is 13.4. The van der Waals surface area contributed by atoms with E-state index in [1.165, 1.54) is 0 Å². The van der Waals surface area contributed by atoms with Crippen LogP contribution in [0, 0.1) is 11.3 Å². The molecule has 0 bridgehead atoms. The maximum Gasteiger partial charge on any atom is 0.262 e. The van der Waals surface area contributed by atoms with Gasteiger partial charge in [0.25, 0.3) is 5.91 Å². The molecule has 0 aliphatic rings. The van der Waals surface area contributed by atoms with E-state index in [-0.39, 0.29) is 5.57 Å². The molecule has 1 amide bonds. The molecule has 0 atom stereocenters. The van der Waals surface area contributed by atoms with E-state index in [4.69, 9.17) is 4.74 Å². The number of hydrogen-bond donors (Lipinski definition) is 1. The molecule has 3 aromatic rings. The van der Waals surface area contributed by atoms with Crippen LogP contribution < -0.4 is 10.1 Å². The minimum Gasteiger partial charge on any atom is -0.496 e. The fourth-order valence-corrected chi connectivity index (χ4v) is 3.22. The molecule has 0 fully saturated rings. The highest BCUT2D eigenvalue weighted by molar-refractivity contribution is 7.09. The zero-order chi connectivity index (χ0) is 17.6. The maximum absolute atomic E-state index is 12.4. The standard InChI is InChI=1S/C20H16N2O2S/c1-24-19-9-8-14-5-2-3-7-17(14)18(19)11-15(12-21)20(23)22-13-16-6-4-10-25-16/h2-11H,13H2,1H3,(H,22,23)/b15-11+. The number of methoxy groups -OCH3 is 1. The smallest absolute Gasteiger partial charge is 0.262 e. The predicted octanol–water partition coefficient (Wildman–Crippen LogP) is 4.13. The van der Waals surface area contributed by atoms with Crippen molar-refractivity contribution in [2.45, 2.75) is 6.54 Å². The number of nitrogens with zero attached hydrogens (tertiary/aromatic N) is 1. The Kier molecular flexibility index (Phi) is 5.12. The van der Waals surface area contributed by atoms with E-state index in [0.29, 0.717) is 12.3 Å². The number of nitrogens with one attached hydrogen (secondary N) is 1. The first-order valence-electron chi connectivity index (χ1n) is 7.71. The summed E-state index contributed by atoms with van der Waals surface area (Å²) in [6.45, 7) is 0.405. The molecule has 0 spiro atoms. The number of fused-ring (bicyclic) bond motifs is 1. The first-order chi connectivity index (χ1) is 12.2. The van der Waals surface area contributed by atoms with Gasteiger partial charge in [0.05, 0.1) is 13.7 Å². The minimum absolute atomic E-state index is 0.0474. The van der Waals surface area contributed by atoms with Gasteiger partial charge >= 0.3 is 0 Å². The lowest BCUT2D eigenvalue weighted by molar-refractivity contribution is -0.117. The summed E-state index contributed by atoms with van der Waals surface area (Å²) in [5.41, 5.74) is 0.773. The summed E-state index contributed by atoms with van der Waals surface area (Å²) < 4.78 is 5.41. The third kappa shape index (κ3) is 3.70. The monoisotopic (exact) mass is 348 g/mol. The molecule has 25 heavy (non-hydrogen) atoms. The third-order valence-electron chi connectivity index (χ3n) is 3.81. The van der Waals surface area contributed by atoms with Crippen LogP contribution >= 0.6 is 11.3 Å². The van der Waals surface area contributed by atoms with Gasteiger partial charge in [-0.1, -0.05) is 36.4 Å². The van der Waals surface area contributed by atoms with Crippen LogP contribution in [0.15, 0.2) is 59.5 Å². The molecule has 124 valence electrons. The quantitative estimate of drug-likeness (QED) is 0.557. The lowest BCUT2D eigenvalue weighted by Crippen LogP contribution is -2.23. The molecule has 1 aromatic heterocycles. The summed E-state index contributed by atoms with van der Waals surface area (Å²) in [6.07, 6.45) is 1.59. The zero-order valence-electron chi connectivity index (χ0n) is 13.7. The average Bonchev–Trinajstić information content (AvgIpc) is 3.17. The molecule has 4 nitrogen and oxygen atoms in total. The molecular weight excluding hydrogens is 332 g/mol. The van der Waals surface area contributed by atoms with Crippen molar-refractivity contribution in [1.82, 2.24) is 5.32 Å². The molecule has 0 aliphatic carbocycles. The Morgan fingerprint density at radius 1 is 1.24 bits per heavy atom. The average molecular weight is 348 g/mol. The maximum atomic E-state index is 12.4. The summed E-state index contributed by atoms with van der Waals surface area (Å²) in [5, 5.41) is 16.1. The second-order valence-corrected chi connectivity index (χ2v) is 6.37. The number of carbonyl (C=O) groups is 1. The highest BCUT2D eigenvalue weighted by Gasteiger charge is 2.13. The van der Waals surface area contributed by atoms with Crippen molar-refractivity contribution >= 4 is 34.1 Å². The van der Waals surface area contributed by atoms with Gasteiger partial charge in [0.1, 0.15) is 17.4 Å². The van der Waals surface area contributed by atoms with Gasteiger partial charge in [0.15, 0.2) is 0 Å². The van der Waals surface area contributed by atoms with Crippen LogP contribution in [0.2, 0.25) is 0 Å². The van der Waals surface area contributed by atoms with Gasteiger partial charge in [-0.15, -0.1) is 11.3 Å². The minimum atomic E-state index is -0.397. The van der Waals surface area contributed by atoms with Crippen molar-refractivity contribution in [3.05, 3.63) is 69.9 Å². The summed E-state index contributed by atoms with van der Waals surface area (Å²) in [6, 6.07) is 17.4. The first-order valence-corrected chi connectivity index (χ1v) is 8.59. The number of benzene rings is 2. The Balaban J connectivity index is 1.95. The SMILES string of the molecule is COc1ccc2ccccc2c1/C=C(\C#N)C(=O)NCc1cccs1. The highest BCUT2D eigenvalue weighted by Crippen LogP contribution is 2.30. The number of hydrogen-bond acceptors (Lipinski definition) is 4. The molecule has 0 aliphatic heterocycles. The number of carbonyl (C=O) groups excluding carboxylic acids is 1. The summed E-state index contributed by atoms with van der Waals surface area (Å²) in [7, 11) is 1.57. The van der Waals surface area contributed by atoms with Crippen molar-refractivity contribution in [2.24, 2.45) is 0 Å². The lowest BCUT2D eigenvalue weighted by atomic mass is 10.0. The van der Waals surface area contributed by atoms with E-state index in [1.54, 1.807) is 24.5 Å². The van der Waals surface area contributed by atoms with Crippen LogP contribution in [0.3, 0.4) is 0 Å². The summed E-state index contributed by atoms with van der Waals surface area (Å²) in [5.74, 6) is 0.225. The van der Waals surface area contributed by atoms with Gasteiger partial charge in [-0.2, -0.15) is 5.26 Å². The predicted molar refractivity (Wildman–Crippen MR) is 100 cm³/mol. The lowest BCUT2D eigenvalue weighted by Gasteiger charge is -2.10. The molecular formula is C20H16N2O2S. The van der Waals surface area contributed by atoms with Gasteiger partial charge in [0, 0.05) is 10.4 Å². The van der Waals surface area contributed by atoms with Crippen molar-refractivity contribution in [2.75, 3.05) is 7.11 Å². The number of amides is 1. The van der Waals surface area contributed by atoms with E-state index in [2.05, 4.69) is 5.32 Å².